The van der Waals surface area contributed by atoms with Crippen LogP contribution in [0, 0.1) is 0 Å². The lowest BCUT2D eigenvalue weighted by molar-refractivity contribution is -0.202. The lowest BCUT2D eigenvalue weighted by Gasteiger charge is -2.22. The minimum Gasteiger partial charge on any atom is -0.460 e. The Morgan fingerprint density at radius 1 is 1.11 bits per heavy atom. The zero-order valence-corrected chi connectivity index (χ0v) is 19.7. The van der Waals surface area contributed by atoms with Crippen molar-refractivity contribution in [1.29, 1.82) is 0 Å². The van der Waals surface area contributed by atoms with Gasteiger partial charge in [-0.05, 0) is 56.0 Å². The van der Waals surface area contributed by atoms with Crippen LogP contribution >= 0.6 is 0 Å². The predicted molar refractivity (Wildman–Crippen MR) is 119 cm³/mol. The molecule has 1 aliphatic carbocycles. The van der Waals surface area contributed by atoms with Crippen LogP contribution in [0.5, 0.6) is 11.5 Å². The molecule has 0 bridgehead atoms. The summed E-state index contributed by atoms with van der Waals surface area (Å²) in [6.45, 7) is 3.19. The molecule has 1 aliphatic heterocycles. The molecule has 4 rings (SSSR count). The number of aliphatic hydroxyl groups is 1. The van der Waals surface area contributed by atoms with Crippen LogP contribution in [0.2, 0.25) is 0 Å². The molecule has 194 valence electrons. The van der Waals surface area contributed by atoms with E-state index in [1.165, 1.54) is 12.1 Å². The smallest absolute Gasteiger partial charge is 0.453 e. The molecular formula is C25H26F3NO7. The number of hydrogen-bond acceptors (Lipinski definition) is 8. The third kappa shape index (κ3) is 4.85. The lowest BCUT2D eigenvalue weighted by Crippen LogP contribution is -2.56. The molecule has 1 unspecified atom stereocenters. The van der Waals surface area contributed by atoms with Gasteiger partial charge in [0.15, 0.2) is 11.5 Å². The summed E-state index contributed by atoms with van der Waals surface area (Å²) in [5.74, 6) is -4.01. The van der Waals surface area contributed by atoms with Crippen LogP contribution in [0.3, 0.4) is 0 Å². The van der Waals surface area contributed by atoms with Gasteiger partial charge in [-0.3, -0.25) is 0 Å². The van der Waals surface area contributed by atoms with Gasteiger partial charge in [-0.2, -0.15) is 13.2 Å². The maximum absolute atomic E-state index is 13.0. The van der Waals surface area contributed by atoms with Crippen LogP contribution in [0.1, 0.15) is 42.2 Å². The number of nitrogens with one attached hydrogen (secondary N) is 1. The van der Waals surface area contributed by atoms with Gasteiger partial charge in [0.25, 0.3) is 0 Å². The fourth-order valence-electron chi connectivity index (χ4n) is 4.32. The van der Waals surface area contributed by atoms with Crippen molar-refractivity contribution in [2.45, 2.75) is 50.8 Å². The van der Waals surface area contributed by atoms with Crippen LogP contribution < -0.4 is 14.8 Å². The molecule has 0 amide bonds. The molecule has 0 aromatic heterocycles. The van der Waals surface area contributed by atoms with E-state index in [0.717, 1.165) is 17.7 Å². The highest BCUT2D eigenvalue weighted by Gasteiger charge is 2.60. The van der Waals surface area contributed by atoms with Crippen molar-refractivity contribution in [2.75, 3.05) is 19.8 Å². The molecule has 2 atom stereocenters. The van der Waals surface area contributed by atoms with Crippen molar-refractivity contribution in [3.8, 4) is 11.5 Å². The van der Waals surface area contributed by atoms with Gasteiger partial charge in [0.2, 0.25) is 0 Å². The van der Waals surface area contributed by atoms with Crippen LogP contribution in [-0.4, -0.2) is 48.6 Å². The quantitative estimate of drug-likeness (QED) is 0.414. The van der Waals surface area contributed by atoms with Gasteiger partial charge in [-0.15, -0.1) is 0 Å². The summed E-state index contributed by atoms with van der Waals surface area (Å²) in [6.07, 6.45) is -4.70. The number of hydrogen-bond donors (Lipinski definition) is 2. The molecule has 0 fully saturated rings. The normalized spacial score (nSPS) is 18.4. The van der Waals surface area contributed by atoms with Gasteiger partial charge in [-0.1, -0.05) is 18.2 Å². The molecule has 0 saturated carbocycles. The molecule has 2 aliphatic rings. The number of aliphatic hydroxyl groups excluding tert-OH is 1. The Morgan fingerprint density at radius 2 is 1.81 bits per heavy atom. The Morgan fingerprint density at radius 3 is 2.44 bits per heavy atom. The zero-order valence-electron chi connectivity index (χ0n) is 19.7. The first kappa shape index (κ1) is 25.8. The summed E-state index contributed by atoms with van der Waals surface area (Å²) in [5.41, 5.74) is 0.923. The van der Waals surface area contributed by atoms with E-state index in [9.17, 15) is 27.9 Å². The molecule has 11 heteroatoms. The van der Waals surface area contributed by atoms with E-state index in [1.54, 1.807) is 26.0 Å². The van der Waals surface area contributed by atoms with Crippen LogP contribution in [-0.2, 0) is 38.1 Å². The van der Waals surface area contributed by atoms with Crippen molar-refractivity contribution in [1.82, 2.24) is 5.32 Å². The molecule has 0 radical (unpaired) electrons. The number of esters is 2. The van der Waals surface area contributed by atoms with E-state index in [4.69, 9.17) is 18.9 Å². The number of rotatable bonds is 8. The van der Waals surface area contributed by atoms with Gasteiger partial charge in [-0.25, -0.2) is 9.59 Å². The number of ether oxygens (including phenoxy) is 4. The second-order valence-electron chi connectivity index (χ2n) is 8.44. The number of fused-ring (bicyclic) bond motifs is 3. The van der Waals surface area contributed by atoms with Crippen LogP contribution in [0.15, 0.2) is 36.4 Å². The second-order valence-corrected chi connectivity index (χ2v) is 8.44. The topological polar surface area (TPSA) is 103 Å². The molecule has 36 heavy (non-hydrogen) atoms. The third-order valence-corrected chi connectivity index (χ3v) is 6.02. The lowest BCUT2D eigenvalue weighted by atomic mass is 10.1. The summed E-state index contributed by atoms with van der Waals surface area (Å²) in [7, 11) is 0. The minimum atomic E-state index is -4.50. The fourth-order valence-corrected chi connectivity index (χ4v) is 4.32. The monoisotopic (exact) mass is 509 g/mol. The summed E-state index contributed by atoms with van der Waals surface area (Å²) in [6, 6.07) is 7.78. The predicted octanol–water partition coefficient (Wildman–Crippen LogP) is 3.09. The van der Waals surface area contributed by atoms with Crippen molar-refractivity contribution in [3.05, 3.63) is 58.7 Å². The Hall–Kier alpha value is -3.31. The molecule has 2 aromatic rings. The standard InChI is InChI=1S/C25H26F3NO7/c1-3-33-22(31)24(23(32)34-4-2)35-20-9-8-14-11-17(12-18(14)21(20)36-24)29-13-19(30)15-6-5-7-16(10-15)25(26,27)28/h5-10,17,19,29-30H,3-4,11-13H2,1-2H3/t17?,19-/m1/s1. The molecule has 0 saturated heterocycles. The molecule has 2 N–H and O–H groups in total. The summed E-state index contributed by atoms with van der Waals surface area (Å²) in [5, 5.41) is 13.6. The highest BCUT2D eigenvalue weighted by Crippen LogP contribution is 2.47. The summed E-state index contributed by atoms with van der Waals surface area (Å²) < 4.78 is 60.4. The molecule has 0 spiro atoms. The average molecular weight is 509 g/mol. The van der Waals surface area contributed by atoms with Crippen LogP contribution in [0.4, 0.5) is 13.2 Å². The summed E-state index contributed by atoms with van der Waals surface area (Å²) in [4.78, 5) is 25.3. The largest absolute Gasteiger partial charge is 0.460 e. The SMILES string of the molecule is CCOC(=O)C1(C(=O)OCC)Oc2ccc3c(c2O1)CC(NC[C@@H](O)c1cccc(C(F)(F)F)c1)C3. The van der Waals surface area contributed by atoms with Crippen molar-refractivity contribution in [2.24, 2.45) is 0 Å². The van der Waals surface area contributed by atoms with Gasteiger partial charge >= 0.3 is 23.9 Å². The van der Waals surface area contributed by atoms with E-state index >= 15 is 0 Å². The van der Waals surface area contributed by atoms with Gasteiger partial charge in [0.05, 0.1) is 24.9 Å². The van der Waals surface area contributed by atoms with Gasteiger partial charge in [0.1, 0.15) is 0 Å². The Labute approximate surface area is 205 Å². The first-order valence-electron chi connectivity index (χ1n) is 11.5. The Balaban J connectivity index is 1.47. The maximum atomic E-state index is 13.0. The third-order valence-electron chi connectivity index (χ3n) is 6.02. The molecule has 8 nitrogen and oxygen atoms in total. The average Bonchev–Trinajstić information content (AvgIpc) is 3.44. The molecule has 1 heterocycles. The molecular weight excluding hydrogens is 483 g/mol. The van der Waals surface area contributed by atoms with E-state index < -0.39 is 35.6 Å². The van der Waals surface area contributed by atoms with Gasteiger partial charge in [0, 0.05) is 18.2 Å². The van der Waals surface area contributed by atoms with E-state index in [1.807, 2.05) is 0 Å². The number of carbonyl (C=O) groups excluding carboxylic acids is 2. The van der Waals surface area contributed by atoms with Crippen molar-refractivity contribution >= 4 is 11.9 Å². The number of benzene rings is 2. The highest BCUT2D eigenvalue weighted by atomic mass is 19.4. The van der Waals surface area contributed by atoms with E-state index in [0.29, 0.717) is 18.4 Å². The Bertz CT molecular complexity index is 1130. The van der Waals surface area contributed by atoms with E-state index in [-0.39, 0.29) is 42.9 Å². The summed E-state index contributed by atoms with van der Waals surface area (Å²) >= 11 is 0. The maximum Gasteiger partial charge on any atom is 0.453 e. The number of halogens is 3. The van der Waals surface area contributed by atoms with Crippen molar-refractivity contribution in [3.63, 3.8) is 0 Å². The fraction of sp³-hybridized carbons (Fsp3) is 0.440. The minimum absolute atomic E-state index is 0.00135. The van der Waals surface area contributed by atoms with Gasteiger partial charge < -0.3 is 29.4 Å². The highest BCUT2D eigenvalue weighted by molar-refractivity contribution is 6.03. The first-order chi connectivity index (χ1) is 17.1. The second kappa shape index (κ2) is 9.98. The molecule has 2 aromatic carbocycles. The van der Waals surface area contributed by atoms with Crippen molar-refractivity contribution < 1.29 is 46.8 Å². The Kier molecular flexibility index (Phi) is 7.14. The number of carbonyl (C=O) groups is 2. The first-order valence-corrected chi connectivity index (χ1v) is 11.5. The van der Waals surface area contributed by atoms with E-state index in [2.05, 4.69) is 5.32 Å². The number of alkyl halides is 3. The van der Waals surface area contributed by atoms with Crippen LogP contribution in [0.25, 0.3) is 0 Å². The zero-order chi connectivity index (χ0) is 26.1.